The van der Waals surface area contributed by atoms with Crippen molar-refractivity contribution in [3.63, 3.8) is 0 Å². The molecule has 0 aromatic carbocycles. The first-order valence-corrected chi connectivity index (χ1v) is 4.61. The van der Waals surface area contributed by atoms with Gasteiger partial charge in [0.05, 0.1) is 6.54 Å². The molecule has 0 aromatic rings. The quantitative estimate of drug-likeness (QED) is 0.627. The molecule has 14 heavy (non-hydrogen) atoms. The number of aliphatic carboxylic acids is 1. The van der Waals surface area contributed by atoms with Gasteiger partial charge in [0.15, 0.2) is 0 Å². The number of nitrogens with one attached hydrogen (secondary N) is 1. The average Bonchev–Trinajstić information content (AvgIpc) is 2.50. The van der Waals surface area contributed by atoms with Crippen molar-refractivity contribution >= 4 is 5.97 Å². The van der Waals surface area contributed by atoms with E-state index < -0.39 is 11.8 Å². The molecule has 0 radical (unpaired) electrons. The van der Waals surface area contributed by atoms with Crippen LogP contribution in [0.25, 0.3) is 0 Å². The molecule has 80 valence electrons. The highest BCUT2D eigenvalue weighted by molar-refractivity contribution is 5.89. The summed E-state index contributed by atoms with van der Waals surface area (Å²) in [6.45, 7) is 4.77. The fraction of sp³-hybridized carbons (Fsp3) is 0.667. The Kier molecular flexibility index (Phi) is 3.49. The predicted octanol–water partition coefficient (Wildman–Crippen LogP) is 0.327. The molecule has 0 aliphatic carbocycles. The van der Waals surface area contributed by atoms with Gasteiger partial charge in [0.1, 0.15) is 5.57 Å². The van der Waals surface area contributed by atoms with Crippen LogP contribution in [0.2, 0.25) is 0 Å². The lowest BCUT2D eigenvalue weighted by Crippen LogP contribution is -2.43. The summed E-state index contributed by atoms with van der Waals surface area (Å²) in [5.74, 6) is -2.13. The maximum atomic E-state index is 10.9. The van der Waals surface area contributed by atoms with Crippen LogP contribution in [0.5, 0.6) is 0 Å². The molecule has 0 saturated carbocycles. The first-order chi connectivity index (χ1) is 6.66. The van der Waals surface area contributed by atoms with E-state index in [1.54, 1.807) is 13.8 Å². The zero-order valence-corrected chi connectivity index (χ0v) is 8.37. The predicted molar refractivity (Wildman–Crippen MR) is 49.7 cm³/mol. The Bertz CT molecular complexity index is 243. The van der Waals surface area contributed by atoms with Crippen LogP contribution in [0.3, 0.4) is 0 Å². The molecule has 2 N–H and O–H groups in total. The van der Waals surface area contributed by atoms with Gasteiger partial charge in [-0.05, 0) is 13.8 Å². The Morgan fingerprint density at radius 1 is 1.57 bits per heavy atom. The monoisotopic (exact) mass is 201 g/mol. The van der Waals surface area contributed by atoms with Gasteiger partial charge in [0.25, 0.3) is 0 Å². The van der Waals surface area contributed by atoms with Gasteiger partial charge >= 0.3 is 5.97 Å². The maximum Gasteiger partial charge on any atom is 0.338 e. The van der Waals surface area contributed by atoms with Crippen LogP contribution in [0, 0.1) is 0 Å². The second-order valence-electron chi connectivity index (χ2n) is 2.86. The fourth-order valence-electron chi connectivity index (χ4n) is 1.48. The minimum absolute atomic E-state index is 0.126. The molecular formula is C9H15NO4. The number of ether oxygens (including phenoxy) is 2. The molecule has 0 unspecified atom stereocenters. The average molecular weight is 201 g/mol. The zero-order valence-electron chi connectivity index (χ0n) is 8.37. The van der Waals surface area contributed by atoms with Crippen molar-refractivity contribution in [3.8, 4) is 0 Å². The second kappa shape index (κ2) is 4.43. The molecule has 0 amide bonds. The van der Waals surface area contributed by atoms with Gasteiger partial charge in [0, 0.05) is 19.4 Å². The van der Waals surface area contributed by atoms with Crippen LogP contribution in [0.4, 0.5) is 0 Å². The minimum atomic E-state index is -1.12. The Morgan fingerprint density at radius 3 is 2.57 bits per heavy atom. The van der Waals surface area contributed by atoms with Gasteiger partial charge in [-0.2, -0.15) is 0 Å². The summed E-state index contributed by atoms with van der Waals surface area (Å²) < 4.78 is 10.7. The van der Waals surface area contributed by atoms with Gasteiger partial charge in [-0.1, -0.05) is 0 Å². The van der Waals surface area contributed by atoms with E-state index in [0.717, 1.165) is 0 Å². The SMILES string of the molecule is CCOC1(OCC)CNC=C1C(=O)O. The maximum absolute atomic E-state index is 10.9. The summed E-state index contributed by atoms with van der Waals surface area (Å²) in [6.07, 6.45) is 1.42. The van der Waals surface area contributed by atoms with Crippen molar-refractivity contribution in [2.75, 3.05) is 19.8 Å². The molecule has 1 rings (SSSR count). The third-order valence-electron chi connectivity index (χ3n) is 1.98. The van der Waals surface area contributed by atoms with Crippen molar-refractivity contribution in [2.45, 2.75) is 19.6 Å². The van der Waals surface area contributed by atoms with Gasteiger partial charge in [0.2, 0.25) is 5.79 Å². The van der Waals surface area contributed by atoms with Crippen LogP contribution in [0.15, 0.2) is 11.8 Å². The number of carboxylic acids is 1. The van der Waals surface area contributed by atoms with Crippen LogP contribution in [-0.4, -0.2) is 36.6 Å². The Hall–Kier alpha value is -1.07. The van der Waals surface area contributed by atoms with E-state index in [9.17, 15) is 4.79 Å². The van der Waals surface area contributed by atoms with Crippen LogP contribution in [0.1, 0.15) is 13.8 Å². The third-order valence-corrected chi connectivity index (χ3v) is 1.98. The number of hydrogen-bond donors (Lipinski definition) is 2. The smallest absolute Gasteiger partial charge is 0.338 e. The molecule has 0 bridgehead atoms. The van der Waals surface area contributed by atoms with Crippen LogP contribution in [-0.2, 0) is 14.3 Å². The third kappa shape index (κ3) is 1.88. The first-order valence-electron chi connectivity index (χ1n) is 4.61. The van der Waals surface area contributed by atoms with Crippen molar-refractivity contribution in [3.05, 3.63) is 11.8 Å². The van der Waals surface area contributed by atoms with Gasteiger partial charge in [-0.3, -0.25) is 0 Å². The summed E-state index contributed by atoms with van der Waals surface area (Å²) in [6, 6.07) is 0. The van der Waals surface area contributed by atoms with E-state index in [-0.39, 0.29) is 5.57 Å². The van der Waals surface area contributed by atoms with E-state index in [1.165, 1.54) is 6.20 Å². The van der Waals surface area contributed by atoms with Gasteiger partial charge in [-0.15, -0.1) is 0 Å². The molecule has 0 saturated heterocycles. The van der Waals surface area contributed by atoms with E-state index in [1.807, 2.05) is 0 Å². The Balaban J connectivity index is 2.86. The fourth-order valence-corrected chi connectivity index (χ4v) is 1.48. The van der Waals surface area contributed by atoms with Crippen molar-refractivity contribution in [1.82, 2.24) is 5.32 Å². The first kappa shape index (κ1) is 11.0. The van der Waals surface area contributed by atoms with Crippen molar-refractivity contribution in [1.29, 1.82) is 0 Å². The van der Waals surface area contributed by atoms with Crippen LogP contribution < -0.4 is 5.32 Å². The minimum Gasteiger partial charge on any atom is -0.478 e. The zero-order chi connectivity index (χ0) is 10.6. The normalized spacial score (nSPS) is 18.9. The molecule has 1 aliphatic rings. The van der Waals surface area contributed by atoms with Crippen molar-refractivity contribution in [2.24, 2.45) is 0 Å². The molecule has 0 fully saturated rings. The second-order valence-corrected chi connectivity index (χ2v) is 2.86. The summed E-state index contributed by atoms with van der Waals surface area (Å²) >= 11 is 0. The number of rotatable bonds is 5. The highest BCUT2D eigenvalue weighted by atomic mass is 16.7. The lowest BCUT2D eigenvalue weighted by atomic mass is 10.1. The van der Waals surface area contributed by atoms with E-state index in [4.69, 9.17) is 14.6 Å². The lowest BCUT2D eigenvalue weighted by molar-refractivity contribution is -0.201. The van der Waals surface area contributed by atoms with E-state index >= 15 is 0 Å². The molecule has 1 heterocycles. The summed E-state index contributed by atoms with van der Waals surface area (Å²) in [7, 11) is 0. The standard InChI is InChI=1S/C9H15NO4/c1-3-13-9(14-4-2)6-10-5-7(9)8(11)12/h5,10H,3-4,6H2,1-2H3,(H,11,12). The summed E-state index contributed by atoms with van der Waals surface area (Å²) in [4.78, 5) is 10.9. The molecule has 5 heteroatoms. The molecule has 0 spiro atoms. The highest BCUT2D eigenvalue weighted by Gasteiger charge is 2.43. The molecule has 0 atom stereocenters. The van der Waals surface area contributed by atoms with Gasteiger partial charge in [-0.25, -0.2) is 4.79 Å². The Morgan fingerprint density at radius 2 is 2.14 bits per heavy atom. The molecule has 0 aromatic heterocycles. The topological polar surface area (TPSA) is 67.8 Å². The van der Waals surface area contributed by atoms with E-state index in [0.29, 0.717) is 19.8 Å². The molecular weight excluding hydrogens is 186 g/mol. The largest absolute Gasteiger partial charge is 0.478 e. The number of hydrogen-bond acceptors (Lipinski definition) is 4. The lowest BCUT2D eigenvalue weighted by Gasteiger charge is -2.29. The van der Waals surface area contributed by atoms with Crippen LogP contribution >= 0.6 is 0 Å². The molecule has 1 aliphatic heterocycles. The van der Waals surface area contributed by atoms with Crippen molar-refractivity contribution < 1.29 is 19.4 Å². The summed E-state index contributed by atoms with van der Waals surface area (Å²) in [5.41, 5.74) is 0.126. The summed E-state index contributed by atoms with van der Waals surface area (Å²) in [5, 5.41) is 11.8. The van der Waals surface area contributed by atoms with E-state index in [2.05, 4.69) is 5.32 Å². The Labute approximate surface area is 82.7 Å². The molecule has 5 nitrogen and oxygen atoms in total. The van der Waals surface area contributed by atoms with Gasteiger partial charge < -0.3 is 19.9 Å². The number of carboxylic acid groups (broad SMARTS) is 1. The number of carbonyl (C=O) groups is 1. The highest BCUT2D eigenvalue weighted by Crippen LogP contribution is 2.26.